The van der Waals surface area contributed by atoms with E-state index in [4.69, 9.17) is 16.1 Å². The van der Waals surface area contributed by atoms with Gasteiger partial charge in [0.15, 0.2) is 0 Å². The van der Waals surface area contributed by atoms with Gasteiger partial charge in [-0.05, 0) is 24.3 Å². The summed E-state index contributed by atoms with van der Waals surface area (Å²) in [6.45, 7) is 0. The molecule has 0 aliphatic heterocycles. The Morgan fingerprint density at radius 1 is 1.24 bits per heavy atom. The van der Waals surface area contributed by atoms with Crippen LogP contribution < -0.4 is 5.32 Å². The average Bonchev–Trinajstić information content (AvgIpc) is 3.06. The molecule has 0 radical (unpaired) electrons. The molecule has 0 bridgehead atoms. The number of amides is 1. The van der Waals surface area contributed by atoms with Crippen LogP contribution >= 0.6 is 23.4 Å². The fraction of sp³-hybridized carbons (Fsp3) is 0.118. The van der Waals surface area contributed by atoms with Crippen molar-refractivity contribution in [2.45, 2.75) is 5.75 Å². The molecule has 25 heavy (non-hydrogen) atoms. The molecular weight excluding hydrogens is 365 g/mol. The molecule has 0 spiro atoms. The third kappa shape index (κ3) is 4.80. The molecule has 0 saturated carbocycles. The number of nitrogens with one attached hydrogen (secondary N) is 1. The maximum atomic E-state index is 13.2. The number of rotatable bonds is 6. The zero-order valence-corrected chi connectivity index (χ0v) is 14.5. The van der Waals surface area contributed by atoms with E-state index in [0.29, 0.717) is 33.7 Å². The third-order valence-corrected chi connectivity index (χ3v) is 4.40. The number of nitrogens with zero attached hydrogens (tertiary/aromatic N) is 2. The maximum Gasteiger partial charge on any atom is 0.236 e. The molecule has 1 N–H and O–H groups in total. The van der Waals surface area contributed by atoms with Crippen LogP contribution in [-0.4, -0.2) is 21.8 Å². The predicted molar refractivity (Wildman–Crippen MR) is 95.9 cm³/mol. The van der Waals surface area contributed by atoms with Crippen LogP contribution in [0.15, 0.2) is 53.1 Å². The van der Waals surface area contributed by atoms with Crippen LogP contribution in [0.1, 0.15) is 5.89 Å². The molecule has 1 aromatic heterocycles. The van der Waals surface area contributed by atoms with Crippen LogP contribution in [0, 0.1) is 5.82 Å². The lowest BCUT2D eigenvalue weighted by molar-refractivity contribution is -0.113. The largest absolute Gasteiger partial charge is 0.338 e. The number of halogens is 2. The van der Waals surface area contributed by atoms with Crippen molar-refractivity contribution < 1.29 is 13.7 Å². The lowest BCUT2D eigenvalue weighted by Crippen LogP contribution is -2.14. The second-order valence-electron chi connectivity index (χ2n) is 5.04. The van der Waals surface area contributed by atoms with Crippen molar-refractivity contribution in [2.24, 2.45) is 0 Å². The standard InChI is InChI=1S/C17H13ClFN3O2S/c18-13-6-1-2-7-14(13)20-15(23)9-25-10-16-21-17(22-24-16)11-4-3-5-12(19)8-11/h1-8H,9-10H2,(H,20,23). The molecule has 128 valence electrons. The van der Waals surface area contributed by atoms with Gasteiger partial charge in [0, 0.05) is 5.56 Å². The number of hydrogen-bond donors (Lipinski definition) is 1. The summed E-state index contributed by atoms with van der Waals surface area (Å²) in [4.78, 5) is 16.1. The molecule has 0 aliphatic rings. The van der Waals surface area contributed by atoms with Gasteiger partial charge in [-0.15, -0.1) is 11.8 Å². The van der Waals surface area contributed by atoms with E-state index in [2.05, 4.69) is 15.5 Å². The fourth-order valence-electron chi connectivity index (χ4n) is 2.04. The van der Waals surface area contributed by atoms with E-state index in [9.17, 15) is 9.18 Å². The Hall–Kier alpha value is -2.38. The van der Waals surface area contributed by atoms with Gasteiger partial charge in [0.2, 0.25) is 17.6 Å². The zero-order valence-electron chi connectivity index (χ0n) is 12.9. The highest BCUT2D eigenvalue weighted by molar-refractivity contribution is 7.99. The quantitative estimate of drug-likeness (QED) is 0.689. The summed E-state index contributed by atoms with van der Waals surface area (Å²) in [5.41, 5.74) is 1.11. The lowest BCUT2D eigenvalue weighted by Gasteiger charge is -2.05. The maximum absolute atomic E-state index is 13.2. The number of hydrogen-bond acceptors (Lipinski definition) is 5. The summed E-state index contributed by atoms with van der Waals surface area (Å²) >= 11 is 7.31. The van der Waals surface area contributed by atoms with Crippen LogP contribution in [-0.2, 0) is 10.5 Å². The van der Waals surface area contributed by atoms with E-state index in [1.54, 1.807) is 36.4 Å². The number of carbonyl (C=O) groups is 1. The van der Waals surface area contributed by atoms with Gasteiger partial charge in [-0.1, -0.05) is 41.0 Å². The van der Waals surface area contributed by atoms with Crippen molar-refractivity contribution >= 4 is 35.0 Å². The van der Waals surface area contributed by atoms with E-state index >= 15 is 0 Å². The van der Waals surface area contributed by atoms with Gasteiger partial charge in [0.1, 0.15) is 5.82 Å². The molecule has 2 aromatic carbocycles. The summed E-state index contributed by atoms with van der Waals surface area (Å²) in [5, 5.41) is 7.04. The molecule has 0 unspecified atom stereocenters. The van der Waals surface area contributed by atoms with E-state index < -0.39 is 0 Å². The summed E-state index contributed by atoms with van der Waals surface area (Å²) in [7, 11) is 0. The molecule has 8 heteroatoms. The SMILES string of the molecule is O=C(CSCc1nc(-c2cccc(F)c2)no1)Nc1ccccc1Cl. The zero-order chi connectivity index (χ0) is 17.6. The number of anilines is 1. The van der Waals surface area contributed by atoms with Gasteiger partial charge in [-0.3, -0.25) is 4.79 Å². The highest BCUT2D eigenvalue weighted by atomic mass is 35.5. The second kappa shape index (κ2) is 8.13. The van der Waals surface area contributed by atoms with Gasteiger partial charge < -0.3 is 9.84 Å². The number of aromatic nitrogens is 2. The summed E-state index contributed by atoms with van der Waals surface area (Å²) in [6, 6.07) is 13.0. The van der Waals surface area contributed by atoms with E-state index in [-0.39, 0.29) is 17.5 Å². The smallest absolute Gasteiger partial charge is 0.236 e. The van der Waals surface area contributed by atoms with Crippen molar-refractivity contribution in [3.8, 4) is 11.4 Å². The van der Waals surface area contributed by atoms with Gasteiger partial charge >= 0.3 is 0 Å². The first-order chi connectivity index (χ1) is 12.1. The Balaban J connectivity index is 1.51. The molecule has 1 amide bonds. The summed E-state index contributed by atoms with van der Waals surface area (Å²) in [6.07, 6.45) is 0. The number of carbonyl (C=O) groups excluding carboxylic acids is 1. The topological polar surface area (TPSA) is 68.0 Å². The normalized spacial score (nSPS) is 10.6. The Labute approximate surface area is 152 Å². The fourth-order valence-corrected chi connectivity index (χ4v) is 2.87. The Morgan fingerprint density at radius 2 is 2.08 bits per heavy atom. The van der Waals surface area contributed by atoms with Crippen molar-refractivity contribution in [1.82, 2.24) is 10.1 Å². The molecule has 0 fully saturated rings. The first kappa shape index (κ1) is 17.4. The highest BCUT2D eigenvalue weighted by Gasteiger charge is 2.11. The van der Waals surface area contributed by atoms with Crippen molar-refractivity contribution in [3.05, 3.63) is 65.3 Å². The van der Waals surface area contributed by atoms with Crippen LogP contribution in [0.2, 0.25) is 5.02 Å². The Bertz CT molecular complexity index is 888. The minimum absolute atomic E-state index is 0.178. The minimum atomic E-state index is -0.366. The van der Waals surface area contributed by atoms with Crippen molar-refractivity contribution in [1.29, 1.82) is 0 Å². The van der Waals surface area contributed by atoms with Gasteiger partial charge in [0.05, 0.1) is 22.2 Å². The molecule has 0 atom stereocenters. The van der Waals surface area contributed by atoms with E-state index in [1.165, 1.54) is 23.9 Å². The first-order valence-corrected chi connectivity index (χ1v) is 8.86. The number of para-hydroxylation sites is 1. The van der Waals surface area contributed by atoms with Crippen molar-refractivity contribution in [2.75, 3.05) is 11.1 Å². The third-order valence-electron chi connectivity index (χ3n) is 3.16. The van der Waals surface area contributed by atoms with E-state index in [1.807, 2.05) is 0 Å². The molecule has 3 rings (SSSR count). The average molecular weight is 378 g/mol. The number of thioether (sulfide) groups is 1. The lowest BCUT2D eigenvalue weighted by atomic mass is 10.2. The predicted octanol–water partition coefficient (Wildman–Crippen LogP) is 4.40. The molecular formula is C17H13ClFN3O2S. The van der Waals surface area contributed by atoms with Crippen molar-refractivity contribution in [3.63, 3.8) is 0 Å². The second-order valence-corrected chi connectivity index (χ2v) is 6.44. The minimum Gasteiger partial charge on any atom is -0.338 e. The van der Waals surface area contributed by atoms with Gasteiger partial charge in [0.25, 0.3) is 0 Å². The first-order valence-electron chi connectivity index (χ1n) is 7.32. The van der Waals surface area contributed by atoms with Crippen LogP contribution in [0.5, 0.6) is 0 Å². The van der Waals surface area contributed by atoms with Crippen LogP contribution in [0.4, 0.5) is 10.1 Å². The van der Waals surface area contributed by atoms with Gasteiger partial charge in [-0.2, -0.15) is 4.98 Å². The highest BCUT2D eigenvalue weighted by Crippen LogP contribution is 2.21. The Morgan fingerprint density at radius 3 is 2.88 bits per heavy atom. The molecule has 5 nitrogen and oxygen atoms in total. The summed E-state index contributed by atoms with van der Waals surface area (Å²) in [5.74, 6) is 0.726. The Kier molecular flexibility index (Phi) is 5.67. The molecule has 0 saturated heterocycles. The summed E-state index contributed by atoms with van der Waals surface area (Å²) < 4.78 is 18.3. The monoisotopic (exact) mass is 377 g/mol. The van der Waals surface area contributed by atoms with E-state index in [0.717, 1.165) is 0 Å². The molecule has 3 aromatic rings. The number of benzene rings is 2. The van der Waals surface area contributed by atoms with Crippen LogP contribution in [0.3, 0.4) is 0 Å². The molecule has 0 aliphatic carbocycles. The van der Waals surface area contributed by atoms with Gasteiger partial charge in [-0.25, -0.2) is 4.39 Å². The molecule has 1 heterocycles. The van der Waals surface area contributed by atoms with Crippen LogP contribution in [0.25, 0.3) is 11.4 Å².